The molecule has 134 valence electrons. The molecule has 0 saturated carbocycles. The van der Waals surface area contributed by atoms with Crippen molar-refractivity contribution in [2.24, 2.45) is 5.92 Å². The first-order chi connectivity index (χ1) is 10.7. The van der Waals surface area contributed by atoms with E-state index in [9.17, 15) is 0 Å². The Morgan fingerprint density at radius 2 is 1.23 bits per heavy atom. The standard InChI is InChI=1S/C18H42N4/c1-5-8-17(4)22-15-14-20-11-10-19-12-13-21-16-18(7-3)9-6-2/h17-22H,5-16H2,1-4H3. The molecule has 0 fully saturated rings. The zero-order chi connectivity index (χ0) is 16.5. The van der Waals surface area contributed by atoms with Gasteiger partial charge in [-0.05, 0) is 32.2 Å². The van der Waals surface area contributed by atoms with Crippen LogP contribution in [0.25, 0.3) is 0 Å². The molecule has 4 N–H and O–H groups in total. The minimum Gasteiger partial charge on any atom is -0.315 e. The van der Waals surface area contributed by atoms with Crippen LogP contribution in [-0.4, -0.2) is 51.9 Å². The van der Waals surface area contributed by atoms with Crippen molar-refractivity contribution in [3.05, 3.63) is 0 Å². The minimum atomic E-state index is 0.649. The molecule has 0 aromatic carbocycles. The molecule has 0 amide bonds. The summed E-state index contributed by atoms with van der Waals surface area (Å²) in [6, 6.07) is 0.649. The highest BCUT2D eigenvalue weighted by Gasteiger charge is 2.03. The fourth-order valence-corrected chi connectivity index (χ4v) is 2.71. The van der Waals surface area contributed by atoms with Crippen molar-refractivity contribution in [1.29, 1.82) is 0 Å². The Bertz CT molecular complexity index is 211. The lowest BCUT2D eigenvalue weighted by atomic mass is 10.0. The van der Waals surface area contributed by atoms with Gasteiger partial charge in [0.25, 0.3) is 0 Å². The monoisotopic (exact) mass is 314 g/mol. The molecule has 2 atom stereocenters. The van der Waals surface area contributed by atoms with E-state index >= 15 is 0 Å². The van der Waals surface area contributed by atoms with Crippen molar-refractivity contribution in [1.82, 2.24) is 21.3 Å². The minimum absolute atomic E-state index is 0.649. The van der Waals surface area contributed by atoms with Gasteiger partial charge in [0.15, 0.2) is 0 Å². The Morgan fingerprint density at radius 3 is 1.77 bits per heavy atom. The number of rotatable bonds is 17. The Balaban J connectivity index is 3.17. The van der Waals surface area contributed by atoms with Gasteiger partial charge in [-0.3, -0.25) is 0 Å². The molecule has 4 nitrogen and oxygen atoms in total. The lowest BCUT2D eigenvalue weighted by molar-refractivity contribution is 0.427. The van der Waals surface area contributed by atoms with Crippen molar-refractivity contribution < 1.29 is 0 Å². The smallest absolute Gasteiger partial charge is 0.00792 e. The van der Waals surface area contributed by atoms with Crippen molar-refractivity contribution in [2.45, 2.75) is 65.8 Å². The third-order valence-electron chi connectivity index (χ3n) is 4.18. The SMILES string of the molecule is CCCC(CC)CNCCNCCNCCNC(C)CCC. The van der Waals surface area contributed by atoms with Gasteiger partial charge in [-0.25, -0.2) is 0 Å². The molecule has 0 aromatic heterocycles. The first kappa shape index (κ1) is 21.8. The van der Waals surface area contributed by atoms with E-state index in [2.05, 4.69) is 49.0 Å². The molecular weight excluding hydrogens is 272 g/mol. The average molecular weight is 315 g/mol. The second-order valence-corrected chi connectivity index (χ2v) is 6.41. The Kier molecular flexibility index (Phi) is 17.1. The van der Waals surface area contributed by atoms with Crippen LogP contribution in [0.2, 0.25) is 0 Å². The third kappa shape index (κ3) is 14.8. The summed E-state index contributed by atoms with van der Waals surface area (Å²) >= 11 is 0. The van der Waals surface area contributed by atoms with Crippen LogP contribution in [-0.2, 0) is 0 Å². The summed E-state index contributed by atoms with van der Waals surface area (Å²) in [4.78, 5) is 0. The molecule has 0 aliphatic rings. The molecule has 0 aromatic rings. The van der Waals surface area contributed by atoms with Crippen LogP contribution in [0.15, 0.2) is 0 Å². The summed E-state index contributed by atoms with van der Waals surface area (Å²) in [6.07, 6.45) is 6.48. The fraction of sp³-hybridized carbons (Fsp3) is 1.00. The van der Waals surface area contributed by atoms with Crippen LogP contribution in [0.5, 0.6) is 0 Å². The molecule has 4 heteroatoms. The first-order valence-corrected chi connectivity index (χ1v) is 9.60. The van der Waals surface area contributed by atoms with Crippen LogP contribution >= 0.6 is 0 Å². The van der Waals surface area contributed by atoms with Crippen molar-refractivity contribution in [3.63, 3.8) is 0 Å². The highest BCUT2D eigenvalue weighted by atomic mass is 15.0. The maximum absolute atomic E-state index is 3.56. The van der Waals surface area contributed by atoms with E-state index in [-0.39, 0.29) is 0 Å². The normalized spacial score (nSPS) is 14.2. The average Bonchev–Trinajstić information content (AvgIpc) is 2.51. The predicted octanol–water partition coefficient (Wildman–Crippen LogP) is 2.36. The molecule has 0 aliphatic heterocycles. The molecule has 0 saturated heterocycles. The van der Waals surface area contributed by atoms with E-state index in [1.165, 1.54) is 38.6 Å². The maximum atomic E-state index is 3.56. The van der Waals surface area contributed by atoms with Crippen LogP contribution in [0.3, 0.4) is 0 Å². The summed E-state index contributed by atoms with van der Waals surface area (Å²) < 4.78 is 0. The zero-order valence-corrected chi connectivity index (χ0v) is 15.6. The zero-order valence-electron chi connectivity index (χ0n) is 15.6. The van der Waals surface area contributed by atoms with E-state index in [4.69, 9.17) is 0 Å². The fourth-order valence-electron chi connectivity index (χ4n) is 2.71. The highest BCUT2D eigenvalue weighted by molar-refractivity contribution is 4.63. The summed E-state index contributed by atoms with van der Waals surface area (Å²) in [5.74, 6) is 0.856. The van der Waals surface area contributed by atoms with E-state index in [1.54, 1.807) is 0 Å². The van der Waals surface area contributed by atoms with Gasteiger partial charge in [0.2, 0.25) is 0 Å². The van der Waals surface area contributed by atoms with Crippen molar-refractivity contribution in [3.8, 4) is 0 Å². The van der Waals surface area contributed by atoms with Gasteiger partial charge in [-0.2, -0.15) is 0 Å². The Morgan fingerprint density at radius 1 is 0.682 bits per heavy atom. The summed E-state index contributed by atoms with van der Waals surface area (Å²) in [5.41, 5.74) is 0. The molecule has 0 radical (unpaired) electrons. The van der Waals surface area contributed by atoms with E-state index in [0.717, 1.165) is 45.2 Å². The van der Waals surface area contributed by atoms with Gasteiger partial charge in [0.1, 0.15) is 0 Å². The molecule has 0 rings (SSSR count). The molecule has 0 heterocycles. The maximum Gasteiger partial charge on any atom is 0.00792 e. The second kappa shape index (κ2) is 17.2. The molecule has 0 bridgehead atoms. The Labute approximate surface area is 139 Å². The Hall–Kier alpha value is -0.160. The molecule has 0 aliphatic carbocycles. The third-order valence-corrected chi connectivity index (χ3v) is 4.18. The largest absolute Gasteiger partial charge is 0.315 e. The molecule has 0 spiro atoms. The van der Waals surface area contributed by atoms with Gasteiger partial charge in [0.05, 0.1) is 0 Å². The van der Waals surface area contributed by atoms with Crippen LogP contribution in [0.1, 0.15) is 59.8 Å². The summed E-state index contributed by atoms with van der Waals surface area (Å²) in [7, 11) is 0. The van der Waals surface area contributed by atoms with Crippen LogP contribution in [0, 0.1) is 5.92 Å². The number of hydrogen-bond donors (Lipinski definition) is 4. The predicted molar refractivity (Wildman–Crippen MR) is 99.7 cm³/mol. The number of nitrogens with one attached hydrogen (secondary N) is 4. The van der Waals surface area contributed by atoms with Crippen LogP contribution < -0.4 is 21.3 Å². The quantitative estimate of drug-likeness (QED) is 0.311. The molecule has 2 unspecified atom stereocenters. The topological polar surface area (TPSA) is 48.1 Å². The molecular formula is C18H42N4. The van der Waals surface area contributed by atoms with E-state index < -0.39 is 0 Å². The molecule has 22 heavy (non-hydrogen) atoms. The van der Waals surface area contributed by atoms with Gasteiger partial charge in [-0.15, -0.1) is 0 Å². The van der Waals surface area contributed by atoms with Gasteiger partial charge in [0, 0.05) is 45.3 Å². The van der Waals surface area contributed by atoms with Gasteiger partial charge in [-0.1, -0.05) is 40.0 Å². The van der Waals surface area contributed by atoms with Crippen LogP contribution in [0.4, 0.5) is 0 Å². The van der Waals surface area contributed by atoms with Crippen molar-refractivity contribution >= 4 is 0 Å². The first-order valence-electron chi connectivity index (χ1n) is 9.60. The lowest BCUT2D eigenvalue weighted by Crippen LogP contribution is -2.37. The second-order valence-electron chi connectivity index (χ2n) is 6.41. The number of hydrogen-bond acceptors (Lipinski definition) is 4. The lowest BCUT2D eigenvalue weighted by Gasteiger charge is -2.15. The highest BCUT2D eigenvalue weighted by Crippen LogP contribution is 2.08. The summed E-state index contributed by atoms with van der Waals surface area (Å²) in [6.45, 7) is 16.6. The van der Waals surface area contributed by atoms with Gasteiger partial charge >= 0.3 is 0 Å². The van der Waals surface area contributed by atoms with E-state index in [0.29, 0.717) is 6.04 Å². The van der Waals surface area contributed by atoms with Gasteiger partial charge < -0.3 is 21.3 Å². The summed E-state index contributed by atoms with van der Waals surface area (Å²) in [5, 5.41) is 14.1. The van der Waals surface area contributed by atoms with E-state index in [1.807, 2.05) is 0 Å². The van der Waals surface area contributed by atoms with Crippen molar-refractivity contribution in [2.75, 3.05) is 45.8 Å².